The summed E-state index contributed by atoms with van der Waals surface area (Å²) in [6.07, 6.45) is 0.719. The van der Waals surface area contributed by atoms with Gasteiger partial charge in [0.15, 0.2) is 0 Å². The van der Waals surface area contributed by atoms with Crippen LogP contribution in [0.25, 0.3) is 11.6 Å². The molecule has 0 atom stereocenters. The molecule has 27 heavy (non-hydrogen) atoms. The van der Waals surface area contributed by atoms with Crippen molar-refractivity contribution >= 4 is 58.2 Å². The zero-order valence-electron chi connectivity index (χ0n) is 14.3. The highest BCUT2D eigenvalue weighted by Crippen LogP contribution is 2.34. The van der Waals surface area contributed by atoms with E-state index in [2.05, 4.69) is 15.3 Å². The Morgan fingerprint density at radius 2 is 1.85 bits per heavy atom. The van der Waals surface area contributed by atoms with Crippen molar-refractivity contribution in [3.8, 4) is 17.3 Å². The summed E-state index contributed by atoms with van der Waals surface area (Å²) in [7, 11) is 1.78. The molecule has 2 heterocycles. The second-order valence-electron chi connectivity index (χ2n) is 5.35. The van der Waals surface area contributed by atoms with Crippen molar-refractivity contribution in [1.82, 2.24) is 20.0 Å². The number of aryl methyl sites for hydroxylation is 2. The summed E-state index contributed by atoms with van der Waals surface area (Å²) in [5, 5.41) is 14.5. The normalized spacial score (nSPS) is 11.2. The Bertz CT molecular complexity index is 960. The summed E-state index contributed by atoms with van der Waals surface area (Å²) < 4.78 is 12.9. The minimum atomic E-state index is 0.325. The first-order valence-corrected chi connectivity index (χ1v) is 10.4. The van der Waals surface area contributed by atoms with Gasteiger partial charge in [0.1, 0.15) is 11.4 Å². The summed E-state index contributed by atoms with van der Waals surface area (Å²) in [6.45, 7) is 2.35. The van der Waals surface area contributed by atoms with Gasteiger partial charge in [-0.2, -0.15) is 5.10 Å². The Kier molecular flexibility index (Phi) is 6.81. The number of thioether (sulfide) groups is 1. The summed E-state index contributed by atoms with van der Waals surface area (Å²) in [5.41, 5.74) is 1.39. The van der Waals surface area contributed by atoms with Crippen molar-refractivity contribution in [2.24, 2.45) is 7.05 Å². The topological polar surface area (TPSA) is 66.0 Å². The van der Waals surface area contributed by atoms with Gasteiger partial charge in [-0.3, -0.25) is 4.68 Å². The Hall–Kier alpha value is -1.12. The first kappa shape index (κ1) is 20.6. The molecule has 0 aliphatic heterocycles. The summed E-state index contributed by atoms with van der Waals surface area (Å²) >= 11 is 25.6. The predicted octanol–water partition coefficient (Wildman–Crippen LogP) is 5.82. The molecule has 144 valence electrons. The molecule has 0 saturated carbocycles. The summed E-state index contributed by atoms with van der Waals surface area (Å²) in [6, 6.07) is 3.12. The van der Waals surface area contributed by atoms with E-state index in [0.29, 0.717) is 55.0 Å². The van der Waals surface area contributed by atoms with Crippen LogP contribution in [0.1, 0.15) is 12.6 Å². The van der Waals surface area contributed by atoms with Crippen LogP contribution in [-0.4, -0.2) is 32.3 Å². The molecule has 3 aromatic rings. The van der Waals surface area contributed by atoms with Crippen LogP contribution in [-0.2, 0) is 13.5 Å². The fourth-order valence-corrected chi connectivity index (χ4v) is 3.81. The standard InChI is InChI=1S/C16H14Cl4N4O2S/c1-3-11-13(20)14(24(2)23-11)15-21-22-16(26-15)27-5-4-25-12-7-9(18)8(17)6-10(12)19/h6-7H,3-5H2,1-2H3. The largest absolute Gasteiger partial charge is 0.491 e. The number of hydrogen-bond donors (Lipinski definition) is 0. The van der Waals surface area contributed by atoms with E-state index in [1.807, 2.05) is 6.92 Å². The molecule has 2 aromatic heterocycles. The third kappa shape index (κ3) is 4.66. The van der Waals surface area contributed by atoms with Gasteiger partial charge in [-0.15, -0.1) is 10.2 Å². The molecule has 0 aliphatic rings. The van der Waals surface area contributed by atoms with E-state index in [9.17, 15) is 0 Å². The Balaban J connectivity index is 1.59. The molecule has 0 bridgehead atoms. The molecule has 0 spiro atoms. The van der Waals surface area contributed by atoms with Crippen LogP contribution in [0.3, 0.4) is 0 Å². The lowest BCUT2D eigenvalue weighted by molar-refractivity contribution is 0.343. The van der Waals surface area contributed by atoms with Crippen molar-refractivity contribution in [1.29, 1.82) is 0 Å². The molecule has 6 nitrogen and oxygen atoms in total. The molecule has 1 aromatic carbocycles. The van der Waals surface area contributed by atoms with Gasteiger partial charge in [0.25, 0.3) is 11.1 Å². The monoisotopic (exact) mass is 466 g/mol. The molecular weight excluding hydrogens is 454 g/mol. The van der Waals surface area contributed by atoms with Crippen LogP contribution in [0, 0.1) is 0 Å². The van der Waals surface area contributed by atoms with Gasteiger partial charge in [0, 0.05) is 18.9 Å². The molecule has 0 amide bonds. The van der Waals surface area contributed by atoms with Crippen molar-refractivity contribution in [3.05, 3.63) is 37.9 Å². The number of ether oxygens (including phenoxy) is 1. The minimum Gasteiger partial charge on any atom is -0.491 e. The Morgan fingerprint density at radius 1 is 1.11 bits per heavy atom. The molecule has 0 aliphatic carbocycles. The molecule has 0 unspecified atom stereocenters. The molecule has 0 radical (unpaired) electrons. The lowest BCUT2D eigenvalue weighted by Gasteiger charge is -2.08. The van der Waals surface area contributed by atoms with E-state index in [0.717, 1.165) is 12.1 Å². The smallest absolute Gasteiger partial charge is 0.277 e. The predicted molar refractivity (Wildman–Crippen MR) is 109 cm³/mol. The van der Waals surface area contributed by atoms with Crippen molar-refractivity contribution in [3.63, 3.8) is 0 Å². The number of benzene rings is 1. The van der Waals surface area contributed by atoms with Crippen LogP contribution >= 0.6 is 58.2 Å². The SMILES string of the molecule is CCc1nn(C)c(-c2nnc(SCCOc3cc(Cl)c(Cl)cc3Cl)o2)c1Cl. The third-order valence-corrected chi connectivity index (χ3v) is 5.74. The van der Waals surface area contributed by atoms with Crippen molar-refractivity contribution in [2.75, 3.05) is 12.4 Å². The van der Waals surface area contributed by atoms with Crippen LogP contribution < -0.4 is 4.74 Å². The van der Waals surface area contributed by atoms with Crippen LogP contribution in [0.2, 0.25) is 20.1 Å². The number of hydrogen-bond acceptors (Lipinski definition) is 6. The van der Waals surface area contributed by atoms with E-state index in [1.54, 1.807) is 23.9 Å². The average molecular weight is 468 g/mol. The van der Waals surface area contributed by atoms with Crippen molar-refractivity contribution < 1.29 is 9.15 Å². The fourth-order valence-electron chi connectivity index (χ4n) is 2.27. The number of rotatable bonds is 7. The highest BCUT2D eigenvalue weighted by Gasteiger charge is 2.20. The average Bonchev–Trinajstić information content (AvgIpc) is 3.19. The minimum absolute atomic E-state index is 0.325. The van der Waals surface area contributed by atoms with Gasteiger partial charge in [-0.25, -0.2) is 0 Å². The zero-order chi connectivity index (χ0) is 19.6. The Morgan fingerprint density at radius 3 is 2.56 bits per heavy atom. The third-order valence-electron chi connectivity index (χ3n) is 3.54. The second-order valence-corrected chi connectivity index (χ2v) is 8.00. The quantitative estimate of drug-likeness (QED) is 0.248. The molecule has 3 rings (SSSR count). The fraction of sp³-hybridized carbons (Fsp3) is 0.312. The zero-order valence-corrected chi connectivity index (χ0v) is 18.1. The van der Waals surface area contributed by atoms with E-state index in [1.165, 1.54) is 11.8 Å². The van der Waals surface area contributed by atoms with E-state index >= 15 is 0 Å². The van der Waals surface area contributed by atoms with Gasteiger partial charge >= 0.3 is 0 Å². The maximum atomic E-state index is 6.34. The summed E-state index contributed by atoms with van der Waals surface area (Å²) in [4.78, 5) is 0. The van der Waals surface area contributed by atoms with Crippen LogP contribution in [0.15, 0.2) is 21.8 Å². The number of halogens is 4. The lowest BCUT2D eigenvalue weighted by Crippen LogP contribution is -2.00. The lowest BCUT2D eigenvalue weighted by atomic mass is 10.3. The maximum absolute atomic E-state index is 6.34. The number of nitrogens with zero attached hydrogens (tertiary/aromatic N) is 4. The van der Waals surface area contributed by atoms with Crippen LogP contribution in [0.4, 0.5) is 0 Å². The van der Waals surface area contributed by atoms with E-state index < -0.39 is 0 Å². The molecule has 11 heteroatoms. The first-order valence-electron chi connectivity index (χ1n) is 7.86. The second kappa shape index (κ2) is 8.92. The van der Waals surface area contributed by atoms with Gasteiger partial charge in [0.2, 0.25) is 0 Å². The van der Waals surface area contributed by atoms with Gasteiger partial charge in [-0.1, -0.05) is 65.1 Å². The van der Waals surface area contributed by atoms with Gasteiger partial charge in [0.05, 0.1) is 32.4 Å². The van der Waals surface area contributed by atoms with Crippen LogP contribution in [0.5, 0.6) is 5.75 Å². The molecule has 0 fully saturated rings. The molecule has 0 N–H and O–H groups in total. The maximum Gasteiger partial charge on any atom is 0.277 e. The Labute approximate surface area is 180 Å². The summed E-state index contributed by atoms with van der Waals surface area (Å²) in [5.74, 6) is 1.36. The van der Waals surface area contributed by atoms with Gasteiger partial charge < -0.3 is 9.15 Å². The molecular formula is C16H14Cl4N4O2S. The van der Waals surface area contributed by atoms with E-state index in [4.69, 9.17) is 55.6 Å². The number of aromatic nitrogens is 4. The van der Waals surface area contributed by atoms with Crippen molar-refractivity contribution in [2.45, 2.75) is 18.6 Å². The van der Waals surface area contributed by atoms with E-state index in [-0.39, 0.29) is 0 Å². The highest BCUT2D eigenvalue weighted by molar-refractivity contribution is 7.99. The van der Waals surface area contributed by atoms with Gasteiger partial charge in [-0.05, 0) is 12.5 Å². The molecule has 0 saturated heterocycles. The highest BCUT2D eigenvalue weighted by atomic mass is 35.5. The first-order chi connectivity index (χ1) is 12.9.